The summed E-state index contributed by atoms with van der Waals surface area (Å²) < 4.78 is 14.6. The summed E-state index contributed by atoms with van der Waals surface area (Å²) in [7, 11) is -4.51. The van der Waals surface area contributed by atoms with Gasteiger partial charge in [0.1, 0.15) is 6.61 Å². The van der Waals surface area contributed by atoms with Crippen molar-refractivity contribution < 1.29 is 23.7 Å². The van der Waals surface area contributed by atoms with Crippen LogP contribution in [0.25, 0.3) is 0 Å². The van der Waals surface area contributed by atoms with E-state index in [-0.39, 0.29) is 11.7 Å². The van der Waals surface area contributed by atoms with Gasteiger partial charge < -0.3 is 9.79 Å². The Hall–Kier alpha value is -0.220. The Bertz CT molecular complexity index is 266. The predicted molar refractivity (Wildman–Crippen MR) is 54.1 cm³/mol. The van der Waals surface area contributed by atoms with Crippen molar-refractivity contribution in [2.75, 3.05) is 6.61 Å². The number of hydrogen-bond acceptors (Lipinski definition) is 3. The lowest BCUT2D eigenvalue weighted by molar-refractivity contribution is -0.126. The Morgan fingerprint density at radius 1 is 1.47 bits per heavy atom. The van der Waals surface area contributed by atoms with E-state index in [1.165, 1.54) is 0 Å². The van der Waals surface area contributed by atoms with Crippen LogP contribution in [0.4, 0.5) is 0 Å². The summed E-state index contributed by atoms with van der Waals surface area (Å²) in [5.74, 6) is -0.0119. The average molecular weight is 236 g/mol. The molecule has 88 valence electrons. The molecular formula is C9H17O5P. The number of phosphoric acid groups is 1. The normalized spacial score (nSPS) is 20.5. The van der Waals surface area contributed by atoms with E-state index in [1.807, 2.05) is 0 Å². The van der Waals surface area contributed by atoms with Crippen LogP contribution >= 0.6 is 7.82 Å². The molecule has 0 heterocycles. The molecule has 1 saturated carbocycles. The van der Waals surface area contributed by atoms with E-state index in [9.17, 15) is 9.36 Å². The minimum absolute atomic E-state index is 0.154. The molecule has 2 N–H and O–H groups in total. The van der Waals surface area contributed by atoms with Crippen molar-refractivity contribution in [3.8, 4) is 0 Å². The molecule has 0 amide bonds. The van der Waals surface area contributed by atoms with Crippen LogP contribution in [0.3, 0.4) is 0 Å². The fourth-order valence-electron chi connectivity index (χ4n) is 2.00. The second-order valence-corrected chi connectivity index (χ2v) is 5.30. The molecule has 0 aromatic rings. The van der Waals surface area contributed by atoms with Gasteiger partial charge in [0.15, 0.2) is 5.78 Å². The lowest BCUT2D eigenvalue weighted by atomic mass is 9.89. The van der Waals surface area contributed by atoms with Gasteiger partial charge in [-0.3, -0.25) is 9.32 Å². The molecule has 1 rings (SSSR count). The molecule has 0 saturated heterocycles. The first-order valence-electron chi connectivity index (χ1n) is 5.13. The monoisotopic (exact) mass is 236 g/mol. The molecule has 1 aliphatic carbocycles. The fraction of sp³-hybridized carbons (Fsp3) is 0.889. The Balaban J connectivity index is 2.36. The summed E-state index contributed by atoms with van der Waals surface area (Å²) in [6, 6.07) is 0. The van der Waals surface area contributed by atoms with E-state index in [0.717, 1.165) is 25.7 Å². The van der Waals surface area contributed by atoms with Gasteiger partial charge >= 0.3 is 7.82 Å². The number of carbonyl (C=O) groups is 1. The third-order valence-corrected chi connectivity index (χ3v) is 3.46. The second-order valence-electron chi connectivity index (χ2n) is 4.06. The summed E-state index contributed by atoms with van der Waals surface area (Å²) in [6.07, 6.45) is 4.34. The zero-order valence-electron chi connectivity index (χ0n) is 8.76. The Morgan fingerprint density at radius 3 is 2.47 bits per heavy atom. The summed E-state index contributed by atoms with van der Waals surface area (Å²) in [6.45, 7) is 1.32. The van der Waals surface area contributed by atoms with Crippen LogP contribution in [0, 0.1) is 11.8 Å². The molecule has 0 aliphatic heterocycles. The van der Waals surface area contributed by atoms with Crippen molar-refractivity contribution in [2.24, 2.45) is 11.8 Å². The van der Waals surface area contributed by atoms with Gasteiger partial charge in [0.25, 0.3) is 0 Å². The topological polar surface area (TPSA) is 83.8 Å². The van der Waals surface area contributed by atoms with Crippen LogP contribution in [-0.4, -0.2) is 22.2 Å². The SMILES string of the molecule is CC(C(=O)COP(=O)(O)O)C1CCCC1. The number of hydrogen-bond donors (Lipinski definition) is 2. The first-order chi connectivity index (χ1) is 6.90. The van der Waals surface area contributed by atoms with E-state index in [0.29, 0.717) is 5.92 Å². The maximum Gasteiger partial charge on any atom is 0.470 e. The smallest absolute Gasteiger partial charge is 0.303 e. The molecule has 15 heavy (non-hydrogen) atoms. The molecule has 6 heteroatoms. The summed E-state index contributed by atoms with van der Waals surface area (Å²) in [5.41, 5.74) is 0. The first-order valence-corrected chi connectivity index (χ1v) is 6.66. The highest BCUT2D eigenvalue weighted by molar-refractivity contribution is 7.46. The molecule has 0 spiro atoms. The van der Waals surface area contributed by atoms with E-state index < -0.39 is 14.4 Å². The quantitative estimate of drug-likeness (QED) is 0.706. The Labute approximate surface area is 89.1 Å². The average Bonchev–Trinajstić information content (AvgIpc) is 2.64. The number of ketones is 1. The van der Waals surface area contributed by atoms with Crippen LogP contribution in [-0.2, 0) is 13.9 Å². The van der Waals surface area contributed by atoms with Crippen LogP contribution < -0.4 is 0 Å². The van der Waals surface area contributed by atoms with Crippen molar-refractivity contribution in [1.82, 2.24) is 0 Å². The minimum Gasteiger partial charge on any atom is -0.303 e. The highest BCUT2D eigenvalue weighted by atomic mass is 31.2. The standard InChI is InChI=1S/C9H17O5P/c1-7(8-4-2-3-5-8)9(10)6-14-15(11,12)13/h7-8H,2-6H2,1H3,(H2,11,12,13). The molecule has 0 aromatic heterocycles. The van der Waals surface area contributed by atoms with Crippen LogP contribution in [0.2, 0.25) is 0 Å². The molecule has 0 bridgehead atoms. The number of phosphoric ester groups is 1. The van der Waals surface area contributed by atoms with E-state index in [2.05, 4.69) is 4.52 Å². The lowest BCUT2D eigenvalue weighted by Crippen LogP contribution is -2.22. The minimum atomic E-state index is -4.51. The van der Waals surface area contributed by atoms with Gasteiger partial charge in [0, 0.05) is 5.92 Å². The van der Waals surface area contributed by atoms with Gasteiger partial charge in [0.2, 0.25) is 0 Å². The molecule has 5 nitrogen and oxygen atoms in total. The van der Waals surface area contributed by atoms with Crippen LogP contribution in [0.15, 0.2) is 0 Å². The third kappa shape index (κ3) is 4.43. The van der Waals surface area contributed by atoms with Crippen LogP contribution in [0.5, 0.6) is 0 Å². The Kier molecular flexibility index (Phi) is 4.46. The van der Waals surface area contributed by atoms with E-state index in [1.54, 1.807) is 6.92 Å². The van der Waals surface area contributed by atoms with Crippen molar-refractivity contribution in [3.05, 3.63) is 0 Å². The molecule has 1 aliphatic rings. The second kappa shape index (κ2) is 5.21. The number of rotatable bonds is 5. The van der Waals surface area contributed by atoms with Crippen molar-refractivity contribution in [3.63, 3.8) is 0 Å². The van der Waals surface area contributed by atoms with E-state index in [4.69, 9.17) is 9.79 Å². The predicted octanol–water partition coefficient (Wildman–Crippen LogP) is 1.49. The van der Waals surface area contributed by atoms with Gasteiger partial charge in [-0.15, -0.1) is 0 Å². The molecule has 1 fully saturated rings. The summed E-state index contributed by atoms with van der Waals surface area (Å²) >= 11 is 0. The zero-order chi connectivity index (χ0) is 11.5. The largest absolute Gasteiger partial charge is 0.470 e. The zero-order valence-corrected chi connectivity index (χ0v) is 9.65. The first kappa shape index (κ1) is 12.8. The van der Waals surface area contributed by atoms with Gasteiger partial charge in [-0.25, -0.2) is 4.57 Å². The third-order valence-electron chi connectivity index (χ3n) is 2.99. The lowest BCUT2D eigenvalue weighted by Gasteiger charge is -2.17. The fourth-order valence-corrected chi connectivity index (χ4v) is 2.29. The molecular weight excluding hydrogens is 219 g/mol. The maximum atomic E-state index is 11.5. The summed E-state index contributed by atoms with van der Waals surface area (Å²) in [5, 5.41) is 0. The molecule has 1 atom stereocenters. The van der Waals surface area contributed by atoms with Crippen molar-refractivity contribution in [1.29, 1.82) is 0 Å². The van der Waals surface area contributed by atoms with Crippen LogP contribution in [0.1, 0.15) is 32.6 Å². The Morgan fingerprint density at radius 2 is 2.00 bits per heavy atom. The maximum absolute atomic E-state index is 11.5. The molecule has 0 radical (unpaired) electrons. The highest BCUT2D eigenvalue weighted by Crippen LogP contribution is 2.37. The van der Waals surface area contributed by atoms with Crippen molar-refractivity contribution in [2.45, 2.75) is 32.6 Å². The van der Waals surface area contributed by atoms with Gasteiger partial charge in [-0.2, -0.15) is 0 Å². The van der Waals surface area contributed by atoms with E-state index >= 15 is 0 Å². The highest BCUT2D eigenvalue weighted by Gasteiger charge is 2.28. The molecule has 0 aromatic carbocycles. The van der Waals surface area contributed by atoms with Gasteiger partial charge in [-0.05, 0) is 18.8 Å². The number of Topliss-reactive ketones (excluding diaryl/α,β-unsaturated/α-hetero) is 1. The van der Waals surface area contributed by atoms with Gasteiger partial charge in [-0.1, -0.05) is 19.8 Å². The van der Waals surface area contributed by atoms with Crippen molar-refractivity contribution >= 4 is 13.6 Å². The number of carbonyl (C=O) groups excluding carboxylic acids is 1. The molecule has 1 unspecified atom stereocenters. The van der Waals surface area contributed by atoms with Gasteiger partial charge in [0.05, 0.1) is 0 Å². The summed E-state index contributed by atoms with van der Waals surface area (Å²) in [4.78, 5) is 28.4.